The predicted molar refractivity (Wildman–Crippen MR) is 90.6 cm³/mol. The molecule has 0 fully saturated rings. The number of nitrogens with zero attached hydrogens (tertiary/aromatic N) is 3. The highest BCUT2D eigenvalue weighted by molar-refractivity contribution is 9.10. The van der Waals surface area contributed by atoms with Crippen LogP contribution >= 0.6 is 15.9 Å². The summed E-state index contributed by atoms with van der Waals surface area (Å²) in [6.45, 7) is 0. The van der Waals surface area contributed by atoms with Crippen molar-refractivity contribution in [2.75, 3.05) is 0 Å². The van der Waals surface area contributed by atoms with Crippen LogP contribution in [-0.2, 0) is 0 Å². The number of halogens is 1. The van der Waals surface area contributed by atoms with Crippen LogP contribution in [0.4, 0.5) is 11.4 Å². The SMILES string of the molecule is O=C(N/N=C/c1cc(Br)cc([N+](=O)[O-])c1O)c1ccccc1[N+](=O)[O-]. The van der Waals surface area contributed by atoms with E-state index in [1.807, 2.05) is 0 Å². The third kappa shape index (κ3) is 4.14. The molecule has 10 nitrogen and oxygen atoms in total. The van der Waals surface area contributed by atoms with Crippen LogP contribution in [0.25, 0.3) is 0 Å². The molecule has 2 N–H and O–H groups in total. The van der Waals surface area contributed by atoms with E-state index in [1.165, 1.54) is 30.3 Å². The summed E-state index contributed by atoms with van der Waals surface area (Å²) in [5.74, 6) is -1.47. The summed E-state index contributed by atoms with van der Waals surface area (Å²) in [6.07, 6.45) is 0.986. The molecule has 0 spiro atoms. The molecule has 2 aromatic rings. The predicted octanol–water partition coefficient (Wildman–Crippen LogP) is 2.74. The summed E-state index contributed by atoms with van der Waals surface area (Å²) in [7, 11) is 0. The molecule has 0 aliphatic carbocycles. The van der Waals surface area contributed by atoms with Crippen molar-refractivity contribution in [3.8, 4) is 5.75 Å². The number of rotatable bonds is 5. The Morgan fingerprint density at radius 2 is 1.80 bits per heavy atom. The average Bonchev–Trinajstić information content (AvgIpc) is 2.57. The van der Waals surface area contributed by atoms with E-state index < -0.39 is 32.9 Å². The summed E-state index contributed by atoms with van der Waals surface area (Å²) >= 11 is 3.06. The third-order valence-electron chi connectivity index (χ3n) is 3.00. The highest BCUT2D eigenvalue weighted by Gasteiger charge is 2.19. The van der Waals surface area contributed by atoms with Gasteiger partial charge in [0.05, 0.1) is 16.1 Å². The van der Waals surface area contributed by atoms with Gasteiger partial charge in [0.1, 0.15) is 5.56 Å². The van der Waals surface area contributed by atoms with E-state index in [-0.39, 0.29) is 11.1 Å². The molecule has 2 aromatic carbocycles. The summed E-state index contributed by atoms with van der Waals surface area (Å²) in [4.78, 5) is 32.2. The largest absolute Gasteiger partial charge is 0.502 e. The molecule has 0 radical (unpaired) electrons. The normalized spacial score (nSPS) is 10.6. The van der Waals surface area contributed by atoms with Crippen LogP contribution in [0.5, 0.6) is 5.75 Å². The van der Waals surface area contributed by atoms with Crippen LogP contribution in [0.15, 0.2) is 46.0 Å². The fraction of sp³-hybridized carbons (Fsp3) is 0. The van der Waals surface area contributed by atoms with Crippen molar-refractivity contribution in [2.45, 2.75) is 0 Å². The summed E-state index contributed by atoms with van der Waals surface area (Å²) in [6, 6.07) is 7.75. The minimum absolute atomic E-state index is 0.0241. The molecule has 0 atom stereocenters. The van der Waals surface area contributed by atoms with Gasteiger partial charge in [0.15, 0.2) is 0 Å². The van der Waals surface area contributed by atoms with E-state index in [1.54, 1.807) is 0 Å². The van der Waals surface area contributed by atoms with Crippen molar-refractivity contribution >= 4 is 39.4 Å². The summed E-state index contributed by atoms with van der Waals surface area (Å²) in [5.41, 5.74) is 0.910. The Morgan fingerprint density at radius 1 is 1.16 bits per heavy atom. The van der Waals surface area contributed by atoms with Gasteiger partial charge in [0.2, 0.25) is 5.75 Å². The van der Waals surface area contributed by atoms with Crippen LogP contribution in [-0.4, -0.2) is 27.1 Å². The van der Waals surface area contributed by atoms with Crippen molar-refractivity contribution in [3.05, 3.63) is 72.2 Å². The monoisotopic (exact) mass is 408 g/mol. The number of carbonyl (C=O) groups is 1. The van der Waals surface area contributed by atoms with Crippen molar-refractivity contribution in [1.82, 2.24) is 5.43 Å². The number of carbonyl (C=O) groups excluding carboxylic acids is 1. The number of nitro benzene ring substituents is 2. The van der Waals surface area contributed by atoms with E-state index in [2.05, 4.69) is 26.5 Å². The first kappa shape index (κ1) is 18.0. The quantitative estimate of drug-likeness (QED) is 0.441. The molecule has 0 unspecified atom stereocenters. The standard InChI is InChI=1S/C14H9BrN4O6/c15-9-5-8(13(20)12(6-9)19(24)25)7-16-17-14(21)10-3-1-2-4-11(10)18(22)23/h1-7,20H,(H,17,21)/b16-7+. The minimum atomic E-state index is -0.840. The topological polar surface area (TPSA) is 148 Å². The number of amides is 1. The zero-order valence-electron chi connectivity index (χ0n) is 12.2. The molecule has 0 saturated heterocycles. The maximum atomic E-state index is 12.0. The molecule has 128 valence electrons. The van der Waals surface area contributed by atoms with Gasteiger partial charge in [-0.1, -0.05) is 28.1 Å². The van der Waals surface area contributed by atoms with Crippen LogP contribution in [0.1, 0.15) is 15.9 Å². The van der Waals surface area contributed by atoms with Crippen molar-refractivity contribution in [3.63, 3.8) is 0 Å². The first-order valence-electron chi connectivity index (χ1n) is 6.55. The van der Waals surface area contributed by atoms with E-state index in [4.69, 9.17) is 0 Å². The fourth-order valence-corrected chi connectivity index (χ4v) is 2.35. The third-order valence-corrected chi connectivity index (χ3v) is 3.45. The molecule has 0 heterocycles. The fourth-order valence-electron chi connectivity index (χ4n) is 1.89. The lowest BCUT2D eigenvalue weighted by Gasteiger charge is -2.03. The van der Waals surface area contributed by atoms with Crippen LogP contribution < -0.4 is 5.43 Å². The lowest BCUT2D eigenvalue weighted by Crippen LogP contribution is -2.19. The molecular weight excluding hydrogens is 400 g/mol. The zero-order valence-corrected chi connectivity index (χ0v) is 13.8. The molecule has 0 saturated carbocycles. The Hall–Kier alpha value is -3.34. The first-order chi connectivity index (χ1) is 11.8. The number of phenolic OH excluding ortho intramolecular Hbond substituents is 1. The molecule has 0 aliphatic heterocycles. The van der Waals surface area contributed by atoms with Gasteiger partial charge in [0.25, 0.3) is 11.6 Å². The summed E-state index contributed by atoms with van der Waals surface area (Å²) in [5, 5.41) is 35.1. The lowest BCUT2D eigenvalue weighted by atomic mass is 10.2. The highest BCUT2D eigenvalue weighted by Crippen LogP contribution is 2.32. The second-order valence-corrected chi connectivity index (χ2v) is 5.51. The maximum absolute atomic E-state index is 12.0. The van der Waals surface area contributed by atoms with Gasteiger partial charge >= 0.3 is 5.69 Å². The molecule has 1 amide bonds. The van der Waals surface area contributed by atoms with Crippen molar-refractivity contribution < 1.29 is 19.7 Å². The van der Waals surface area contributed by atoms with Gasteiger partial charge in [0, 0.05) is 22.2 Å². The number of phenols is 1. The van der Waals surface area contributed by atoms with Crippen LogP contribution in [0, 0.1) is 20.2 Å². The molecule has 11 heteroatoms. The smallest absolute Gasteiger partial charge is 0.312 e. The van der Waals surface area contributed by atoms with Crippen molar-refractivity contribution in [2.24, 2.45) is 5.10 Å². The second kappa shape index (κ2) is 7.49. The molecular formula is C14H9BrN4O6. The lowest BCUT2D eigenvalue weighted by molar-refractivity contribution is -0.386. The molecule has 0 bridgehead atoms. The van der Waals surface area contributed by atoms with E-state index in [0.29, 0.717) is 4.47 Å². The zero-order chi connectivity index (χ0) is 18.6. The number of benzene rings is 2. The van der Waals surface area contributed by atoms with Crippen LogP contribution in [0.2, 0.25) is 0 Å². The number of nitrogens with one attached hydrogen (secondary N) is 1. The Kier molecular flexibility index (Phi) is 5.39. The number of aromatic hydroxyl groups is 1. The summed E-state index contributed by atoms with van der Waals surface area (Å²) < 4.78 is 0.323. The molecule has 0 aliphatic rings. The Labute approximate surface area is 148 Å². The van der Waals surface area contributed by atoms with Crippen LogP contribution in [0.3, 0.4) is 0 Å². The molecule has 25 heavy (non-hydrogen) atoms. The van der Waals surface area contributed by atoms with Gasteiger partial charge in [-0.15, -0.1) is 0 Å². The first-order valence-corrected chi connectivity index (χ1v) is 7.34. The maximum Gasteiger partial charge on any atom is 0.312 e. The van der Waals surface area contributed by atoms with E-state index in [0.717, 1.165) is 12.3 Å². The Morgan fingerprint density at radius 3 is 2.44 bits per heavy atom. The molecule has 2 rings (SSSR count). The van der Waals surface area contributed by atoms with Gasteiger partial charge in [-0.25, -0.2) is 5.43 Å². The number of nitro groups is 2. The number of hydrazone groups is 1. The average molecular weight is 409 g/mol. The minimum Gasteiger partial charge on any atom is -0.502 e. The van der Waals surface area contributed by atoms with Gasteiger partial charge in [-0.2, -0.15) is 5.10 Å². The highest BCUT2D eigenvalue weighted by atomic mass is 79.9. The van der Waals surface area contributed by atoms with Gasteiger partial charge in [-0.05, 0) is 12.1 Å². The Balaban J connectivity index is 2.24. The van der Waals surface area contributed by atoms with Gasteiger partial charge in [-0.3, -0.25) is 25.0 Å². The number of hydrogen-bond donors (Lipinski definition) is 2. The number of hydrogen-bond acceptors (Lipinski definition) is 7. The Bertz CT molecular complexity index is 899. The van der Waals surface area contributed by atoms with Gasteiger partial charge < -0.3 is 5.11 Å². The number of para-hydroxylation sites is 1. The molecule has 0 aromatic heterocycles. The van der Waals surface area contributed by atoms with E-state index in [9.17, 15) is 30.1 Å². The van der Waals surface area contributed by atoms with E-state index >= 15 is 0 Å². The second-order valence-electron chi connectivity index (χ2n) is 4.59. The van der Waals surface area contributed by atoms with Crippen molar-refractivity contribution in [1.29, 1.82) is 0 Å².